The summed E-state index contributed by atoms with van der Waals surface area (Å²) >= 11 is 0. The van der Waals surface area contributed by atoms with Crippen LogP contribution in [0.3, 0.4) is 0 Å². The molecule has 8 bridgehead atoms. The van der Waals surface area contributed by atoms with E-state index in [1.54, 1.807) is 0 Å². The molecule has 0 aromatic heterocycles. The largest absolute Gasteiger partial charge is 0.378 e. The molecule has 6 saturated heterocycles. The summed E-state index contributed by atoms with van der Waals surface area (Å²) in [6.07, 6.45) is 40.9. The minimum absolute atomic E-state index is 0.0165. The maximum atomic E-state index is 7.97. The number of nitrogens with one attached hydrogen (secondary N) is 8. The van der Waals surface area contributed by atoms with Crippen LogP contribution in [0.5, 0.6) is 0 Å². The third-order valence-electron chi connectivity index (χ3n) is 32.0. The number of nitrogens with zero attached hydrogens (tertiary/aromatic N) is 1. The van der Waals surface area contributed by atoms with Gasteiger partial charge in [0.1, 0.15) is 0 Å². The number of piperidine rings is 1. The molecule has 0 spiro atoms. The normalized spacial score (nSPS) is 47.6. The van der Waals surface area contributed by atoms with Crippen LogP contribution in [0.4, 0.5) is 0 Å². The Morgan fingerprint density at radius 1 is 0.257 bits per heavy atom. The van der Waals surface area contributed by atoms with Gasteiger partial charge in [-0.2, -0.15) is 0 Å². The molecule has 15 aliphatic rings. The van der Waals surface area contributed by atoms with Gasteiger partial charge in [0.2, 0.25) is 0 Å². The molecule has 17 heteroatoms. The fraction of sp³-hybridized carbons (Fsp3) is 1.00. The second kappa shape index (κ2) is 37.7. The molecular formula is C88H157N9O8. The van der Waals surface area contributed by atoms with Crippen LogP contribution in [0, 0.1) is 112 Å². The lowest BCUT2D eigenvalue weighted by atomic mass is 9.53. The molecule has 6 aliphatic heterocycles. The van der Waals surface area contributed by atoms with Crippen molar-refractivity contribution in [3.05, 3.63) is 0 Å². The first-order valence-corrected chi connectivity index (χ1v) is 46.5. The van der Waals surface area contributed by atoms with Crippen LogP contribution in [-0.4, -0.2) is 176 Å². The van der Waals surface area contributed by atoms with E-state index in [0.717, 1.165) is 199 Å². The van der Waals surface area contributed by atoms with Crippen molar-refractivity contribution >= 4 is 0 Å². The first-order chi connectivity index (χ1) is 51.7. The Balaban J connectivity index is 0.933. The van der Waals surface area contributed by atoms with Crippen LogP contribution in [0.25, 0.3) is 0 Å². The molecule has 17 nitrogen and oxygen atoms in total. The van der Waals surface area contributed by atoms with Crippen LogP contribution in [0.15, 0.2) is 0 Å². The van der Waals surface area contributed by atoms with E-state index in [0.29, 0.717) is 41.4 Å². The highest BCUT2D eigenvalue weighted by molar-refractivity contribution is 5.21. The van der Waals surface area contributed by atoms with Gasteiger partial charge in [0.05, 0.1) is 98.2 Å². The van der Waals surface area contributed by atoms with Gasteiger partial charge < -0.3 is 43.2 Å². The Hall–Kier alpha value is -0.680. The molecule has 6 heterocycles. The molecule has 0 amide bonds. The lowest BCUT2D eigenvalue weighted by molar-refractivity contribution is -0.191. The average molecular weight is 1470 g/mol. The van der Waals surface area contributed by atoms with E-state index in [2.05, 4.69) is 78.0 Å². The number of rotatable bonds is 32. The highest BCUT2D eigenvalue weighted by atomic mass is 16.5. The van der Waals surface area contributed by atoms with Crippen molar-refractivity contribution in [2.24, 2.45) is 112 Å². The van der Waals surface area contributed by atoms with Gasteiger partial charge in [0, 0.05) is 112 Å². The van der Waals surface area contributed by atoms with Crippen LogP contribution in [-0.2, 0) is 37.9 Å². The Morgan fingerprint density at radius 3 is 0.800 bits per heavy atom. The van der Waals surface area contributed by atoms with Gasteiger partial charge in [-0.3, -0.25) is 42.1 Å². The van der Waals surface area contributed by atoms with Crippen molar-refractivity contribution < 1.29 is 37.9 Å². The molecule has 8 N–H and O–H groups in total. The second-order valence-electron chi connectivity index (χ2n) is 37.8. The fourth-order valence-corrected chi connectivity index (χ4v) is 27.2. The average Bonchev–Trinajstić information content (AvgIpc) is 1.56. The molecule has 36 unspecified atom stereocenters. The van der Waals surface area contributed by atoms with Crippen molar-refractivity contribution in [2.45, 2.75) is 378 Å². The summed E-state index contributed by atoms with van der Waals surface area (Å²) in [6, 6.07) is 0.190. The van der Waals surface area contributed by atoms with Crippen LogP contribution in [0.1, 0.15) is 274 Å². The summed E-state index contributed by atoms with van der Waals surface area (Å²) in [7, 11) is 2.55. The minimum Gasteiger partial charge on any atom is -0.378 e. The Morgan fingerprint density at radius 2 is 0.495 bits per heavy atom. The van der Waals surface area contributed by atoms with E-state index in [1.807, 2.05) is 0 Å². The zero-order valence-electron chi connectivity index (χ0n) is 67.9. The minimum atomic E-state index is -0.110. The first kappa shape index (κ1) is 79.5. The predicted molar refractivity (Wildman–Crippen MR) is 418 cm³/mol. The number of unbranched alkanes of at least 4 members (excludes halogenated alkanes) is 8. The third kappa shape index (κ3) is 16.3. The van der Waals surface area contributed by atoms with Gasteiger partial charge in [-0.05, 0) is 176 Å². The first-order valence-electron chi connectivity index (χ1n) is 46.5. The highest BCUT2D eigenvalue weighted by Crippen LogP contribution is 2.62. The molecule has 9 saturated carbocycles. The predicted octanol–water partition coefficient (Wildman–Crippen LogP) is 14.0. The Kier molecular flexibility index (Phi) is 28.6. The van der Waals surface area contributed by atoms with E-state index >= 15 is 0 Å². The Bertz CT molecular complexity index is 2600. The Labute approximate surface area is 638 Å². The third-order valence-corrected chi connectivity index (χ3v) is 32.0. The molecule has 0 aromatic carbocycles. The summed E-state index contributed by atoms with van der Waals surface area (Å²) < 4.78 is 62.8. The van der Waals surface area contributed by atoms with Gasteiger partial charge in [0.25, 0.3) is 0 Å². The maximum Gasteiger partial charge on any atom is 0.0792 e. The van der Waals surface area contributed by atoms with Gasteiger partial charge in [-0.1, -0.05) is 171 Å². The quantitative estimate of drug-likeness (QED) is 0.0299. The topological polar surface area (TPSA) is 173 Å². The zero-order valence-corrected chi connectivity index (χ0v) is 67.9. The maximum absolute atomic E-state index is 7.97. The van der Waals surface area contributed by atoms with E-state index < -0.39 is 0 Å². The molecule has 0 radical (unpaired) electrons. The van der Waals surface area contributed by atoms with Gasteiger partial charge in [0.15, 0.2) is 0 Å². The molecule has 15 fully saturated rings. The van der Waals surface area contributed by atoms with Crippen LogP contribution < -0.4 is 42.5 Å². The molecular weight excluding hydrogens is 1310 g/mol. The lowest BCUT2D eigenvalue weighted by Crippen LogP contribution is -2.68. The number of ether oxygens (including phenoxy) is 8. The van der Waals surface area contributed by atoms with Crippen molar-refractivity contribution in [3.63, 3.8) is 0 Å². The smallest absolute Gasteiger partial charge is 0.0792 e. The van der Waals surface area contributed by atoms with Gasteiger partial charge in [-0.25, -0.2) is 0 Å². The molecule has 105 heavy (non-hydrogen) atoms. The van der Waals surface area contributed by atoms with E-state index in [4.69, 9.17) is 69.8 Å². The molecule has 15 rings (SSSR count). The molecule has 36 atom stereocenters. The number of hydrogen-bond acceptors (Lipinski definition) is 17. The monoisotopic (exact) mass is 1470 g/mol. The summed E-state index contributed by atoms with van der Waals surface area (Å²) in [6.45, 7) is 26.3. The number of hydrogen-bond donors (Lipinski definition) is 8. The lowest BCUT2D eigenvalue weighted by Gasteiger charge is -2.57. The second-order valence-corrected chi connectivity index (χ2v) is 37.8. The molecule has 602 valence electrons. The zero-order chi connectivity index (χ0) is 72.1. The van der Waals surface area contributed by atoms with Gasteiger partial charge >= 0.3 is 0 Å². The van der Waals surface area contributed by atoms with Crippen LogP contribution >= 0.6 is 0 Å². The summed E-state index contributed by atoms with van der Waals surface area (Å²) in [4.78, 5) is 2.88. The van der Waals surface area contributed by atoms with E-state index in [9.17, 15) is 0 Å². The van der Waals surface area contributed by atoms with Crippen molar-refractivity contribution in [2.75, 3.05) is 66.4 Å². The molecule has 0 aromatic rings. The fourth-order valence-electron chi connectivity index (χ4n) is 27.2. The van der Waals surface area contributed by atoms with Crippen molar-refractivity contribution in [3.8, 4) is 0 Å². The van der Waals surface area contributed by atoms with E-state index in [1.165, 1.54) is 103 Å². The summed E-state index contributed by atoms with van der Waals surface area (Å²) in [5.74, 6) is 7.10. The van der Waals surface area contributed by atoms with Crippen LogP contribution in [0.2, 0.25) is 0 Å². The standard InChI is InChI=1S/C88H157N9O8/c1-10-18-41-98-73-57-37-30-31-38-58(57)74(99-42-19-11-2)65-64(73)81-91-84-69-68(75(100-43-20-12-3)59-39-32-40-89-72(59)80(69)105-48-25-17-8)83(92-84)90-82-66-67(77(102-45-22-14-5)61-50-54-34-27-26-33-53(54)49-60(61)76(66)101-44-21-13-4)86(94-82)96-88-71-70(87(97(88)9)95-85(65)93-81)78(103-46-23-15-6)62-51-55-35-28-29-36-56(55)52-63(62)79(71)104-47-24-16-7/h53-96H,10-52H2,1-9H3. The van der Waals surface area contributed by atoms with E-state index in [-0.39, 0.29) is 152 Å². The summed E-state index contributed by atoms with van der Waals surface area (Å²) in [5.41, 5.74) is 0. The highest BCUT2D eigenvalue weighted by Gasteiger charge is 2.70. The van der Waals surface area contributed by atoms with Gasteiger partial charge in [-0.15, -0.1) is 0 Å². The SMILES string of the molecule is CCCCOC1C2CC3CCCCC3CC2C(OCCCC)C2C3NC(NC4NC(NC5NC(NC6C7C(OCCCC)C8CC9CCCCC9CC8C(OCCCC)C7C(N3)N6C)C3C(OCCCC)C6CCCCC6C(OCCCC)C53)C3C(OCCCC)C5NCCCC5C(OCCCC)C43)C12. The number of fused-ring (bicyclic) bond motifs is 26. The molecule has 9 aliphatic carbocycles. The summed E-state index contributed by atoms with van der Waals surface area (Å²) in [5, 5.41) is 37.8. The van der Waals surface area contributed by atoms with Crippen molar-refractivity contribution in [1.82, 2.24) is 47.4 Å². The van der Waals surface area contributed by atoms with Crippen molar-refractivity contribution in [1.29, 1.82) is 0 Å².